The second-order valence-corrected chi connectivity index (χ2v) is 7.31. The standard InChI is InChI=1S/C19H36O2/c1-4-18(12-7-8-13-18)21-15-11-17-10-9-14-19(5-2,16-17)20-6-3/h17H,4-16H2,1-3H3. The number of hydrogen-bond donors (Lipinski definition) is 0. The van der Waals surface area contributed by atoms with Gasteiger partial charge in [0.25, 0.3) is 0 Å². The van der Waals surface area contributed by atoms with Crippen LogP contribution < -0.4 is 0 Å². The van der Waals surface area contributed by atoms with Gasteiger partial charge in [0.1, 0.15) is 0 Å². The van der Waals surface area contributed by atoms with Crippen molar-refractivity contribution in [1.82, 2.24) is 0 Å². The molecule has 2 heteroatoms. The molecule has 2 fully saturated rings. The Morgan fingerprint density at radius 2 is 1.52 bits per heavy atom. The zero-order valence-corrected chi connectivity index (χ0v) is 14.6. The second kappa shape index (κ2) is 7.97. The summed E-state index contributed by atoms with van der Waals surface area (Å²) in [5.74, 6) is 0.806. The molecule has 0 aromatic heterocycles. The average molecular weight is 296 g/mol. The summed E-state index contributed by atoms with van der Waals surface area (Å²) in [7, 11) is 0. The van der Waals surface area contributed by atoms with E-state index in [-0.39, 0.29) is 11.2 Å². The summed E-state index contributed by atoms with van der Waals surface area (Å²) in [6.45, 7) is 8.54. The molecule has 0 spiro atoms. The van der Waals surface area contributed by atoms with Crippen LogP contribution in [0.2, 0.25) is 0 Å². The maximum absolute atomic E-state index is 6.36. The van der Waals surface area contributed by atoms with Gasteiger partial charge >= 0.3 is 0 Å². The van der Waals surface area contributed by atoms with E-state index in [1.807, 2.05) is 0 Å². The van der Waals surface area contributed by atoms with Crippen molar-refractivity contribution in [3.05, 3.63) is 0 Å². The normalized spacial score (nSPS) is 32.4. The van der Waals surface area contributed by atoms with Gasteiger partial charge in [-0.2, -0.15) is 0 Å². The maximum Gasteiger partial charge on any atom is 0.0682 e. The Morgan fingerprint density at radius 3 is 2.14 bits per heavy atom. The van der Waals surface area contributed by atoms with Gasteiger partial charge in [-0.05, 0) is 57.8 Å². The molecule has 0 N–H and O–H groups in total. The fourth-order valence-electron chi connectivity index (χ4n) is 4.61. The molecule has 21 heavy (non-hydrogen) atoms. The zero-order valence-electron chi connectivity index (χ0n) is 14.6. The lowest BCUT2D eigenvalue weighted by Gasteiger charge is -2.40. The number of rotatable bonds is 8. The molecule has 2 unspecified atom stereocenters. The SMILES string of the molecule is CCOC1(CC)CCCC(CCOC2(CC)CCCC2)C1. The Hall–Kier alpha value is -0.0800. The van der Waals surface area contributed by atoms with Crippen molar-refractivity contribution in [3.63, 3.8) is 0 Å². The Bertz CT molecular complexity index is 292. The topological polar surface area (TPSA) is 18.5 Å². The van der Waals surface area contributed by atoms with Crippen LogP contribution in [-0.2, 0) is 9.47 Å². The second-order valence-electron chi connectivity index (χ2n) is 7.31. The van der Waals surface area contributed by atoms with E-state index in [1.165, 1.54) is 64.2 Å². The minimum atomic E-state index is 0.174. The van der Waals surface area contributed by atoms with E-state index in [9.17, 15) is 0 Å². The van der Waals surface area contributed by atoms with E-state index in [2.05, 4.69) is 20.8 Å². The molecule has 0 aromatic carbocycles. The van der Waals surface area contributed by atoms with E-state index in [0.717, 1.165) is 25.6 Å². The van der Waals surface area contributed by atoms with Crippen LogP contribution >= 0.6 is 0 Å². The lowest BCUT2D eigenvalue weighted by Crippen LogP contribution is -2.38. The Kier molecular flexibility index (Phi) is 6.55. The largest absolute Gasteiger partial charge is 0.375 e. The summed E-state index contributed by atoms with van der Waals surface area (Å²) in [4.78, 5) is 0. The molecule has 2 nitrogen and oxygen atoms in total. The van der Waals surface area contributed by atoms with Gasteiger partial charge in [0.2, 0.25) is 0 Å². The highest BCUT2D eigenvalue weighted by molar-refractivity contribution is 4.88. The molecular formula is C19H36O2. The highest BCUT2D eigenvalue weighted by Crippen LogP contribution is 2.40. The molecule has 2 rings (SSSR count). The maximum atomic E-state index is 6.36. The van der Waals surface area contributed by atoms with Gasteiger partial charge in [0.15, 0.2) is 0 Å². The molecule has 2 aliphatic carbocycles. The van der Waals surface area contributed by atoms with Crippen LogP contribution in [0.4, 0.5) is 0 Å². The van der Waals surface area contributed by atoms with Gasteiger partial charge in [0.05, 0.1) is 11.2 Å². The molecule has 2 aliphatic rings. The summed E-state index contributed by atoms with van der Waals surface area (Å²) in [5, 5.41) is 0. The van der Waals surface area contributed by atoms with Gasteiger partial charge in [-0.3, -0.25) is 0 Å². The van der Waals surface area contributed by atoms with Crippen LogP contribution in [0.5, 0.6) is 0 Å². The van der Waals surface area contributed by atoms with Crippen LogP contribution in [0.25, 0.3) is 0 Å². The molecule has 0 heterocycles. The van der Waals surface area contributed by atoms with Gasteiger partial charge in [-0.25, -0.2) is 0 Å². The van der Waals surface area contributed by atoms with E-state index in [1.54, 1.807) is 0 Å². The van der Waals surface area contributed by atoms with Crippen molar-refractivity contribution < 1.29 is 9.47 Å². The van der Waals surface area contributed by atoms with E-state index in [0.29, 0.717) is 0 Å². The first-order valence-corrected chi connectivity index (χ1v) is 9.45. The van der Waals surface area contributed by atoms with Crippen LogP contribution in [0.1, 0.15) is 91.4 Å². The first kappa shape index (κ1) is 17.3. The van der Waals surface area contributed by atoms with Crippen LogP contribution in [0.15, 0.2) is 0 Å². The fourth-order valence-corrected chi connectivity index (χ4v) is 4.61. The first-order chi connectivity index (χ1) is 10.2. The summed E-state index contributed by atoms with van der Waals surface area (Å²) >= 11 is 0. The minimum Gasteiger partial charge on any atom is -0.375 e. The molecule has 0 bridgehead atoms. The quantitative estimate of drug-likeness (QED) is 0.589. The summed E-state index contributed by atoms with van der Waals surface area (Å²) in [5.41, 5.74) is 0.407. The van der Waals surface area contributed by atoms with Crippen LogP contribution in [-0.4, -0.2) is 24.4 Å². The molecule has 0 amide bonds. The molecule has 0 aliphatic heterocycles. The van der Waals surface area contributed by atoms with Crippen molar-refractivity contribution in [2.24, 2.45) is 5.92 Å². The molecule has 124 valence electrons. The predicted octanol–water partition coefficient (Wildman–Crippen LogP) is 5.49. The number of hydrogen-bond acceptors (Lipinski definition) is 2. The lowest BCUT2D eigenvalue weighted by molar-refractivity contribution is -0.0901. The lowest BCUT2D eigenvalue weighted by atomic mass is 9.75. The third kappa shape index (κ3) is 4.45. The number of ether oxygens (including phenoxy) is 2. The molecule has 2 saturated carbocycles. The van der Waals surface area contributed by atoms with Gasteiger partial charge in [-0.1, -0.05) is 39.5 Å². The Morgan fingerprint density at radius 1 is 0.857 bits per heavy atom. The summed E-state index contributed by atoms with van der Waals surface area (Å²) in [6.07, 6.45) is 14.1. The van der Waals surface area contributed by atoms with Crippen molar-refractivity contribution in [2.45, 2.75) is 103 Å². The molecule has 2 atom stereocenters. The molecular weight excluding hydrogens is 260 g/mol. The van der Waals surface area contributed by atoms with Gasteiger partial charge in [0, 0.05) is 13.2 Å². The third-order valence-corrected chi connectivity index (χ3v) is 6.09. The van der Waals surface area contributed by atoms with Crippen molar-refractivity contribution in [1.29, 1.82) is 0 Å². The highest BCUT2D eigenvalue weighted by Gasteiger charge is 2.36. The first-order valence-electron chi connectivity index (χ1n) is 9.45. The summed E-state index contributed by atoms with van der Waals surface area (Å²) < 4.78 is 12.5. The van der Waals surface area contributed by atoms with Gasteiger partial charge < -0.3 is 9.47 Å². The average Bonchev–Trinajstić information content (AvgIpc) is 2.97. The fraction of sp³-hybridized carbons (Fsp3) is 1.00. The zero-order chi connectivity index (χ0) is 15.2. The molecule has 0 radical (unpaired) electrons. The third-order valence-electron chi connectivity index (χ3n) is 6.09. The van der Waals surface area contributed by atoms with E-state index >= 15 is 0 Å². The van der Waals surface area contributed by atoms with E-state index < -0.39 is 0 Å². The Balaban J connectivity index is 1.77. The van der Waals surface area contributed by atoms with Crippen LogP contribution in [0, 0.1) is 5.92 Å². The summed E-state index contributed by atoms with van der Waals surface area (Å²) in [6, 6.07) is 0. The van der Waals surface area contributed by atoms with Crippen molar-refractivity contribution >= 4 is 0 Å². The predicted molar refractivity (Wildman–Crippen MR) is 88.7 cm³/mol. The smallest absolute Gasteiger partial charge is 0.0682 e. The molecule has 0 saturated heterocycles. The van der Waals surface area contributed by atoms with Gasteiger partial charge in [-0.15, -0.1) is 0 Å². The van der Waals surface area contributed by atoms with Crippen molar-refractivity contribution in [2.75, 3.05) is 13.2 Å². The molecule has 0 aromatic rings. The van der Waals surface area contributed by atoms with Crippen LogP contribution in [0.3, 0.4) is 0 Å². The minimum absolute atomic E-state index is 0.174. The monoisotopic (exact) mass is 296 g/mol. The van der Waals surface area contributed by atoms with E-state index in [4.69, 9.17) is 9.47 Å². The van der Waals surface area contributed by atoms with Crippen molar-refractivity contribution in [3.8, 4) is 0 Å². The Labute approximate surface area is 132 Å². The highest BCUT2D eigenvalue weighted by atomic mass is 16.5.